The highest BCUT2D eigenvalue weighted by atomic mass is 35.5. The molecule has 4 aliphatic rings. The molecule has 0 aliphatic heterocycles. The molecule has 0 amide bonds. The highest BCUT2D eigenvalue weighted by Crippen LogP contribution is 2.55. The van der Waals surface area contributed by atoms with Crippen LogP contribution >= 0.6 is 12.4 Å². The Labute approximate surface area is 161 Å². The Morgan fingerprint density at radius 3 is 2.50 bits per heavy atom. The van der Waals surface area contributed by atoms with E-state index in [4.69, 9.17) is 4.74 Å². The van der Waals surface area contributed by atoms with Gasteiger partial charge in [0.2, 0.25) is 0 Å². The Morgan fingerprint density at radius 1 is 1.12 bits per heavy atom. The first-order chi connectivity index (χ1) is 12.2. The van der Waals surface area contributed by atoms with E-state index in [-0.39, 0.29) is 12.4 Å². The molecule has 4 nitrogen and oxygen atoms in total. The summed E-state index contributed by atoms with van der Waals surface area (Å²) in [6, 6.07) is 8.00. The molecule has 0 saturated heterocycles. The van der Waals surface area contributed by atoms with Crippen molar-refractivity contribution in [1.29, 1.82) is 0 Å². The second-order valence-corrected chi connectivity index (χ2v) is 8.74. The highest BCUT2D eigenvalue weighted by Gasteiger charge is 2.50. The summed E-state index contributed by atoms with van der Waals surface area (Å²) in [6.07, 6.45) is 9.75. The number of ether oxygens (including phenoxy) is 1. The predicted octanol–water partition coefficient (Wildman–Crippen LogP) is 3.89. The van der Waals surface area contributed by atoms with E-state index < -0.39 is 6.10 Å². The zero-order chi connectivity index (χ0) is 16.9. The molecule has 0 unspecified atom stereocenters. The molecule has 1 heterocycles. The molecule has 0 radical (unpaired) electrons. The number of aliphatic hydroxyl groups excluding tert-OH is 1. The van der Waals surface area contributed by atoms with Crippen LogP contribution in [0.15, 0.2) is 30.5 Å². The maximum absolute atomic E-state index is 10.4. The summed E-state index contributed by atoms with van der Waals surface area (Å²) in [5.41, 5.74) is 1.37. The fraction of sp³-hybridized carbons (Fsp3) is 0.619. The minimum absolute atomic E-state index is 0. The van der Waals surface area contributed by atoms with Gasteiger partial charge in [-0.2, -0.15) is 0 Å². The number of aromatic nitrogens is 1. The van der Waals surface area contributed by atoms with E-state index >= 15 is 0 Å². The van der Waals surface area contributed by atoms with E-state index in [0.29, 0.717) is 18.7 Å². The Hall–Kier alpha value is -1.23. The lowest BCUT2D eigenvalue weighted by atomic mass is 9.53. The second kappa shape index (κ2) is 7.06. The number of aromatic amines is 1. The first-order valence-electron chi connectivity index (χ1n) is 9.81. The van der Waals surface area contributed by atoms with E-state index in [1.54, 1.807) is 0 Å². The molecule has 3 N–H and O–H groups in total. The third-order valence-corrected chi connectivity index (χ3v) is 6.74. The van der Waals surface area contributed by atoms with Crippen molar-refractivity contribution in [2.45, 2.75) is 50.2 Å². The molecule has 4 fully saturated rings. The van der Waals surface area contributed by atoms with Crippen molar-refractivity contribution < 1.29 is 9.84 Å². The van der Waals surface area contributed by atoms with Crippen molar-refractivity contribution in [3.63, 3.8) is 0 Å². The van der Waals surface area contributed by atoms with E-state index in [2.05, 4.69) is 10.3 Å². The lowest BCUT2D eigenvalue weighted by Gasteiger charge is -2.57. The van der Waals surface area contributed by atoms with Crippen LogP contribution in [0, 0.1) is 17.8 Å². The van der Waals surface area contributed by atoms with Crippen LogP contribution < -0.4 is 10.1 Å². The van der Waals surface area contributed by atoms with Gasteiger partial charge < -0.3 is 20.1 Å². The van der Waals surface area contributed by atoms with Crippen molar-refractivity contribution in [3.8, 4) is 5.75 Å². The van der Waals surface area contributed by atoms with Gasteiger partial charge in [-0.1, -0.05) is 6.07 Å². The number of hydrogen-bond donors (Lipinski definition) is 3. The summed E-state index contributed by atoms with van der Waals surface area (Å²) in [5.74, 6) is 3.63. The van der Waals surface area contributed by atoms with Gasteiger partial charge >= 0.3 is 0 Å². The largest absolute Gasteiger partial charge is 0.490 e. The topological polar surface area (TPSA) is 57.3 Å². The van der Waals surface area contributed by atoms with Crippen LogP contribution in [0.3, 0.4) is 0 Å². The average Bonchev–Trinajstić information content (AvgIpc) is 3.06. The van der Waals surface area contributed by atoms with Crippen LogP contribution in [-0.4, -0.2) is 34.9 Å². The van der Waals surface area contributed by atoms with Gasteiger partial charge in [0.15, 0.2) is 0 Å². The molecule has 4 aliphatic carbocycles. The van der Waals surface area contributed by atoms with Crippen LogP contribution in [0.5, 0.6) is 5.75 Å². The number of rotatable bonds is 6. The molecule has 1 atom stereocenters. The summed E-state index contributed by atoms with van der Waals surface area (Å²) in [5, 5.41) is 15.3. The van der Waals surface area contributed by atoms with Crippen molar-refractivity contribution >= 4 is 23.3 Å². The number of nitrogens with one attached hydrogen (secondary N) is 2. The Bertz CT molecular complexity index is 724. The quantitative estimate of drug-likeness (QED) is 0.716. The number of benzene rings is 1. The van der Waals surface area contributed by atoms with E-state index in [9.17, 15) is 5.11 Å². The van der Waals surface area contributed by atoms with Crippen LogP contribution in [0.1, 0.15) is 38.5 Å². The van der Waals surface area contributed by atoms with Gasteiger partial charge in [-0.15, -0.1) is 12.4 Å². The van der Waals surface area contributed by atoms with Gasteiger partial charge in [0.25, 0.3) is 0 Å². The van der Waals surface area contributed by atoms with Gasteiger partial charge in [0.05, 0.1) is 0 Å². The molecule has 5 heteroatoms. The minimum atomic E-state index is -0.470. The zero-order valence-corrected chi connectivity index (χ0v) is 15.9. The molecule has 1 aromatic heterocycles. The van der Waals surface area contributed by atoms with Gasteiger partial charge in [0.1, 0.15) is 18.5 Å². The predicted molar refractivity (Wildman–Crippen MR) is 106 cm³/mol. The van der Waals surface area contributed by atoms with Gasteiger partial charge in [-0.3, -0.25) is 0 Å². The molecule has 4 saturated carbocycles. The number of fused-ring (bicyclic) bond motifs is 1. The van der Waals surface area contributed by atoms with E-state index in [1.807, 2.05) is 30.5 Å². The maximum atomic E-state index is 10.4. The van der Waals surface area contributed by atoms with Gasteiger partial charge in [-0.05, 0) is 74.5 Å². The van der Waals surface area contributed by atoms with Crippen LogP contribution in [-0.2, 0) is 0 Å². The normalized spacial score (nSPS) is 33.2. The lowest BCUT2D eigenvalue weighted by molar-refractivity contribution is -0.0266. The summed E-state index contributed by atoms with van der Waals surface area (Å²) < 4.78 is 5.90. The highest BCUT2D eigenvalue weighted by molar-refractivity contribution is 5.86. The van der Waals surface area contributed by atoms with Crippen LogP contribution in [0.2, 0.25) is 0 Å². The Kier molecular flexibility index (Phi) is 4.93. The van der Waals surface area contributed by atoms with Crippen molar-refractivity contribution in [2.75, 3.05) is 13.2 Å². The molecular weight excluding hydrogens is 348 g/mol. The third-order valence-electron chi connectivity index (χ3n) is 6.74. The Balaban J connectivity index is 0.00000168. The Morgan fingerprint density at radius 2 is 1.81 bits per heavy atom. The second-order valence-electron chi connectivity index (χ2n) is 8.74. The first-order valence-corrected chi connectivity index (χ1v) is 9.81. The van der Waals surface area contributed by atoms with E-state index in [1.165, 1.54) is 38.5 Å². The number of H-pyrrole nitrogens is 1. The summed E-state index contributed by atoms with van der Waals surface area (Å²) >= 11 is 0. The average molecular weight is 377 g/mol. The molecule has 0 spiro atoms. The van der Waals surface area contributed by atoms with E-state index in [0.717, 1.165) is 34.4 Å². The van der Waals surface area contributed by atoms with Gasteiger partial charge in [-0.25, -0.2) is 0 Å². The maximum Gasteiger partial charge on any atom is 0.128 e. The first kappa shape index (κ1) is 18.1. The number of aliphatic hydroxyl groups is 1. The molecule has 142 valence electrons. The monoisotopic (exact) mass is 376 g/mol. The standard InChI is InChI=1S/C21H28N2O2.ClH/c24-17(13-25-20-3-1-2-19-18(20)4-5-22-19)12-23-21-9-14-6-15(10-21)8-16(7-14)11-21;/h1-5,14-17,22-24H,6-13H2;1H/t14?,15?,16?,17-,21?;/m1./s1. The number of β-amino-alcohol motifs (C(OH)–C–C–N with tert-alkyl or cyclic N) is 1. The zero-order valence-electron chi connectivity index (χ0n) is 15.1. The fourth-order valence-corrected chi connectivity index (χ4v) is 6.09. The molecule has 1 aromatic carbocycles. The summed E-state index contributed by atoms with van der Waals surface area (Å²) in [7, 11) is 0. The lowest BCUT2D eigenvalue weighted by Crippen LogP contribution is -2.59. The molecule has 26 heavy (non-hydrogen) atoms. The number of halogens is 1. The van der Waals surface area contributed by atoms with Crippen molar-refractivity contribution in [1.82, 2.24) is 10.3 Å². The molecule has 6 rings (SSSR count). The van der Waals surface area contributed by atoms with Crippen LogP contribution in [0.4, 0.5) is 0 Å². The van der Waals surface area contributed by atoms with Gasteiger partial charge in [0, 0.05) is 29.2 Å². The molecule has 2 aromatic rings. The SMILES string of the molecule is Cl.O[C@H](CNC12CC3CC(CC(C3)C1)C2)COc1cccc2[nH]ccc12. The van der Waals surface area contributed by atoms with Crippen LogP contribution in [0.25, 0.3) is 10.9 Å². The minimum Gasteiger partial charge on any atom is -0.490 e. The smallest absolute Gasteiger partial charge is 0.128 e. The summed E-state index contributed by atoms with van der Waals surface area (Å²) in [4.78, 5) is 3.19. The molecule has 4 bridgehead atoms. The third kappa shape index (κ3) is 3.35. The fourth-order valence-electron chi connectivity index (χ4n) is 6.09. The van der Waals surface area contributed by atoms with Crippen molar-refractivity contribution in [2.24, 2.45) is 17.8 Å². The van der Waals surface area contributed by atoms with Crippen molar-refractivity contribution in [3.05, 3.63) is 30.5 Å². The molecular formula is C21H29ClN2O2. The summed E-state index contributed by atoms with van der Waals surface area (Å²) in [6.45, 7) is 0.971. The number of hydrogen-bond acceptors (Lipinski definition) is 3.